The smallest absolute Gasteiger partial charge is 0.328 e. The third kappa shape index (κ3) is 3.63. The first-order valence-corrected chi connectivity index (χ1v) is 10.2. The second-order valence-electron chi connectivity index (χ2n) is 7.77. The second-order valence-corrected chi connectivity index (χ2v) is 7.77. The van der Waals surface area contributed by atoms with Gasteiger partial charge in [0.1, 0.15) is 5.82 Å². The summed E-state index contributed by atoms with van der Waals surface area (Å²) in [4.78, 5) is 24.0. The summed E-state index contributed by atoms with van der Waals surface area (Å²) in [6, 6.07) is 10.0. The number of rotatable bonds is 4. The molecule has 0 aliphatic carbocycles. The van der Waals surface area contributed by atoms with Crippen LogP contribution >= 0.6 is 0 Å². The van der Waals surface area contributed by atoms with Crippen LogP contribution in [0.4, 0.5) is 32.6 Å². The Hall–Kier alpha value is -4.41. The van der Waals surface area contributed by atoms with E-state index in [9.17, 15) is 9.18 Å². The van der Waals surface area contributed by atoms with E-state index < -0.39 is 0 Å². The number of aryl methyl sites for hydroxylation is 3. The van der Waals surface area contributed by atoms with Gasteiger partial charge in [0.15, 0.2) is 5.82 Å². The molecule has 0 unspecified atom stereocenters. The predicted molar refractivity (Wildman–Crippen MR) is 120 cm³/mol. The number of carbonyl (C=O) groups excluding carboxylic acids is 1. The molecule has 0 bridgehead atoms. The summed E-state index contributed by atoms with van der Waals surface area (Å²) in [5, 5.41) is 19.4. The Morgan fingerprint density at radius 1 is 1.06 bits per heavy atom. The van der Waals surface area contributed by atoms with Crippen molar-refractivity contribution in [2.45, 2.75) is 27.3 Å². The monoisotopic (exact) mass is 445 g/mol. The molecule has 3 heterocycles. The topological polar surface area (TPSA) is 125 Å². The summed E-state index contributed by atoms with van der Waals surface area (Å²) in [5.41, 5.74) is 5.31. The summed E-state index contributed by atoms with van der Waals surface area (Å²) in [7, 11) is 0. The van der Waals surface area contributed by atoms with Crippen molar-refractivity contribution in [2.75, 3.05) is 10.2 Å². The maximum atomic E-state index is 13.8. The van der Waals surface area contributed by atoms with Crippen LogP contribution in [0.15, 0.2) is 36.4 Å². The number of anilines is 4. The number of tetrazole rings is 1. The SMILES string of the molecule is Cc1cc(F)ccc1-c1nc(Nc2nnn[nH]2)nc2c1CNC(=O)N2c1c(C)cccc1C. The van der Waals surface area contributed by atoms with Crippen molar-refractivity contribution in [3.8, 4) is 11.3 Å². The van der Waals surface area contributed by atoms with E-state index in [1.165, 1.54) is 12.1 Å². The lowest BCUT2D eigenvalue weighted by molar-refractivity contribution is 0.246. The molecule has 3 N–H and O–H groups in total. The zero-order chi connectivity index (χ0) is 23.1. The number of para-hydroxylation sites is 1. The number of nitrogens with one attached hydrogen (secondary N) is 3. The zero-order valence-electron chi connectivity index (χ0n) is 18.1. The van der Waals surface area contributed by atoms with Gasteiger partial charge in [0, 0.05) is 11.1 Å². The fraction of sp³-hybridized carbons (Fsp3) is 0.182. The molecule has 0 saturated heterocycles. The lowest BCUT2D eigenvalue weighted by Crippen LogP contribution is -2.43. The number of amides is 2. The molecule has 2 aromatic carbocycles. The average Bonchev–Trinajstić information content (AvgIpc) is 3.28. The van der Waals surface area contributed by atoms with E-state index in [0.29, 0.717) is 22.6 Å². The molecule has 4 aromatic rings. The van der Waals surface area contributed by atoms with Gasteiger partial charge in [-0.3, -0.25) is 5.32 Å². The van der Waals surface area contributed by atoms with Crippen molar-refractivity contribution < 1.29 is 9.18 Å². The van der Waals surface area contributed by atoms with Crippen LogP contribution in [0.25, 0.3) is 11.3 Å². The second kappa shape index (κ2) is 7.93. The van der Waals surface area contributed by atoms with Gasteiger partial charge in [0.05, 0.1) is 17.9 Å². The number of H-pyrrole nitrogens is 1. The molecule has 2 aromatic heterocycles. The van der Waals surface area contributed by atoms with Gasteiger partial charge in [-0.25, -0.2) is 24.2 Å². The highest BCUT2D eigenvalue weighted by atomic mass is 19.1. The molecule has 0 saturated carbocycles. The maximum absolute atomic E-state index is 13.8. The van der Waals surface area contributed by atoms with Crippen molar-refractivity contribution in [3.05, 3.63) is 64.5 Å². The quantitative estimate of drug-likeness (QED) is 0.436. The molecule has 0 atom stereocenters. The number of hydrogen-bond acceptors (Lipinski definition) is 7. The first-order chi connectivity index (χ1) is 15.9. The highest BCUT2D eigenvalue weighted by Crippen LogP contribution is 2.39. The predicted octanol–water partition coefficient (Wildman–Crippen LogP) is 3.83. The summed E-state index contributed by atoms with van der Waals surface area (Å²) in [6.45, 7) is 5.92. The van der Waals surface area contributed by atoms with Crippen LogP contribution in [0.3, 0.4) is 0 Å². The number of aromatic amines is 1. The highest BCUT2D eigenvalue weighted by Gasteiger charge is 2.32. The van der Waals surface area contributed by atoms with Crippen LogP contribution in [0.5, 0.6) is 0 Å². The van der Waals surface area contributed by atoms with E-state index >= 15 is 0 Å². The normalized spacial score (nSPS) is 13.0. The molecule has 1 aliphatic heterocycles. The van der Waals surface area contributed by atoms with Crippen LogP contribution in [0.2, 0.25) is 0 Å². The van der Waals surface area contributed by atoms with Gasteiger partial charge in [-0.05, 0) is 66.1 Å². The molecule has 1 aliphatic rings. The summed E-state index contributed by atoms with van der Waals surface area (Å²) in [6.07, 6.45) is 0. The Morgan fingerprint density at radius 2 is 1.85 bits per heavy atom. The molecule has 166 valence electrons. The Labute approximate surface area is 188 Å². The largest absolute Gasteiger partial charge is 0.333 e. The van der Waals surface area contributed by atoms with E-state index in [1.54, 1.807) is 11.0 Å². The number of benzene rings is 2. The van der Waals surface area contributed by atoms with Crippen LogP contribution in [-0.2, 0) is 6.54 Å². The molecule has 2 amide bonds. The number of urea groups is 1. The summed E-state index contributed by atoms with van der Waals surface area (Å²) in [5.74, 6) is 0.531. The van der Waals surface area contributed by atoms with E-state index in [2.05, 4.69) is 41.2 Å². The molecule has 5 rings (SSSR count). The van der Waals surface area contributed by atoms with Gasteiger partial charge in [0.25, 0.3) is 0 Å². The number of fused-ring (bicyclic) bond motifs is 1. The van der Waals surface area contributed by atoms with Crippen molar-refractivity contribution in [1.82, 2.24) is 35.9 Å². The number of hydrogen-bond donors (Lipinski definition) is 3. The zero-order valence-corrected chi connectivity index (χ0v) is 18.1. The van der Waals surface area contributed by atoms with Crippen molar-refractivity contribution in [2.24, 2.45) is 0 Å². The van der Waals surface area contributed by atoms with E-state index in [1.807, 2.05) is 39.0 Å². The summed E-state index contributed by atoms with van der Waals surface area (Å²) >= 11 is 0. The molecular formula is C22H20FN9O. The van der Waals surface area contributed by atoms with Crippen LogP contribution in [-0.4, -0.2) is 36.6 Å². The minimum Gasteiger partial charge on any atom is -0.333 e. The lowest BCUT2D eigenvalue weighted by atomic mass is 9.99. The van der Waals surface area contributed by atoms with Gasteiger partial charge < -0.3 is 5.32 Å². The minimum atomic E-state index is -0.337. The van der Waals surface area contributed by atoms with Gasteiger partial charge in [-0.15, -0.1) is 0 Å². The maximum Gasteiger partial charge on any atom is 0.328 e. The van der Waals surface area contributed by atoms with Crippen LogP contribution in [0, 0.1) is 26.6 Å². The van der Waals surface area contributed by atoms with Crippen LogP contribution < -0.4 is 15.5 Å². The first-order valence-electron chi connectivity index (χ1n) is 10.2. The molecular weight excluding hydrogens is 425 g/mol. The number of nitrogens with zero attached hydrogens (tertiary/aromatic N) is 6. The van der Waals surface area contributed by atoms with Crippen molar-refractivity contribution in [1.29, 1.82) is 0 Å². The van der Waals surface area contributed by atoms with E-state index in [-0.39, 0.29) is 30.3 Å². The van der Waals surface area contributed by atoms with Crippen LogP contribution in [0.1, 0.15) is 22.3 Å². The molecule has 10 nitrogen and oxygen atoms in total. The standard InChI is InChI=1S/C22H20FN9O/c1-11-5-4-6-12(2)18(11)32-19-16(10-24-22(32)33)17(15-8-7-14(23)9-13(15)3)25-20(26-19)27-21-28-30-31-29-21/h4-9H,10H2,1-3H3,(H,24,33)(H2,25,26,27,28,29,30,31). The summed E-state index contributed by atoms with van der Waals surface area (Å²) < 4.78 is 13.8. The van der Waals surface area contributed by atoms with Gasteiger partial charge in [-0.1, -0.05) is 23.3 Å². The van der Waals surface area contributed by atoms with Gasteiger partial charge in [-0.2, -0.15) is 4.98 Å². The molecule has 0 fully saturated rings. The van der Waals surface area contributed by atoms with E-state index in [0.717, 1.165) is 22.4 Å². The number of aromatic nitrogens is 6. The van der Waals surface area contributed by atoms with Gasteiger partial charge in [0.2, 0.25) is 11.9 Å². The average molecular weight is 445 g/mol. The molecule has 11 heteroatoms. The van der Waals surface area contributed by atoms with Gasteiger partial charge >= 0.3 is 6.03 Å². The number of halogens is 1. The number of carbonyl (C=O) groups is 1. The molecule has 0 spiro atoms. The van der Waals surface area contributed by atoms with Crippen molar-refractivity contribution >= 4 is 29.4 Å². The Balaban J connectivity index is 1.76. The van der Waals surface area contributed by atoms with Crippen molar-refractivity contribution in [3.63, 3.8) is 0 Å². The third-order valence-corrected chi connectivity index (χ3v) is 5.50. The van der Waals surface area contributed by atoms with E-state index in [4.69, 9.17) is 0 Å². The fourth-order valence-electron chi connectivity index (χ4n) is 4.01. The Kier molecular flexibility index (Phi) is 4.93. The first kappa shape index (κ1) is 20.5. The molecule has 0 radical (unpaired) electrons. The Bertz CT molecular complexity index is 1350. The third-order valence-electron chi connectivity index (χ3n) is 5.50. The lowest BCUT2D eigenvalue weighted by Gasteiger charge is -2.32. The fourth-order valence-corrected chi connectivity index (χ4v) is 4.01. The minimum absolute atomic E-state index is 0.192. The molecule has 33 heavy (non-hydrogen) atoms. The highest BCUT2D eigenvalue weighted by molar-refractivity contribution is 6.03. The Morgan fingerprint density at radius 3 is 2.55 bits per heavy atom.